The highest BCUT2D eigenvalue weighted by atomic mass is 19.4. The van der Waals surface area contributed by atoms with Crippen LogP contribution in [0.25, 0.3) is 10.9 Å². The van der Waals surface area contributed by atoms with Crippen molar-refractivity contribution >= 4 is 16.8 Å². The number of carbonyl (C=O) groups is 1. The van der Waals surface area contributed by atoms with Crippen LogP contribution < -0.4 is 0 Å². The van der Waals surface area contributed by atoms with Gasteiger partial charge in [0.25, 0.3) is 0 Å². The summed E-state index contributed by atoms with van der Waals surface area (Å²) in [5.41, 5.74) is 4.12. The van der Waals surface area contributed by atoms with Gasteiger partial charge in [0.05, 0.1) is 5.56 Å². The highest BCUT2D eigenvalue weighted by Crippen LogP contribution is 2.38. The maximum absolute atomic E-state index is 13.6. The van der Waals surface area contributed by atoms with Crippen molar-refractivity contribution in [3.05, 3.63) is 107 Å². The number of nitrogens with one attached hydrogen (secondary N) is 1. The Hall–Kier alpha value is -3.54. The molecule has 198 valence electrons. The Balaban J connectivity index is 1.39. The lowest BCUT2D eigenvalue weighted by molar-refractivity contribution is -0.137. The average molecular weight is 519 g/mol. The van der Waals surface area contributed by atoms with Crippen LogP contribution >= 0.6 is 0 Å². The number of nitrogens with zero attached hydrogens (tertiary/aromatic N) is 1. The maximum Gasteiger partial charge on any atom is 0.416 e. The Bertz CT molecular complexity index is 1380. The van der Waals surface area contributed by atoms with Crippen molar-refractivity contribution in [3.8, 4) is 0 Å². The summed E-state index contributed by atoms with van der Waals surface area (Å²) in [7, 11) is 0. The molecule has 0 bridgehead atoms. The normalized spacial score (nSPS) is 15.6. The number of halogens is 3. The molecule has 2 heterocycles. The minimum Gasteiger partial charge on any atom is -0.361 e. The van der Waals surface area contributed by atoms with E-state index in [-0.39, 0.29) is 12.3 Å². The third kappa shape index (κ3) is 5.64. The molecule has 0 saturated carbocycles. The highest BCUT2D eigenvalue weighted by molar-refractivity contribution is 5.88. The molecule has 1 aromatic heterocycles. The van der Waals surface area contributed by atoms with E-state index in [1.807, 2.05) is 35.4 Å². The van der Waals surface area contributed by atoms with Crippen LogP contribution in [0.5, 0.6) is 0 Å². The summed E-state index contributed by atoms with van der Waals surface area (Å²) in [5, 5.41) is 0.959. The van der Waals surface area contributed by atoms with Gasteiger partial charge in [-0.3, -0.25) is 4.79 Å². The van der Waals surface area contributed by atoms with Crippen LogP contribution in [0.3, 0.4) is 0 Å². The first-order chi connectivity index (χ1) is 18.3. The molecule has 5 rings (SSSR count). The zero-order valence-corrected chi connectivity index (χ0v) is 21.6. The second-order valence-corrected chi connectivity index (χ2v) is 10.3. The van der Waals surface area contributed by atoms with E-state index in [0.29, 0.717) is 24.6 Å². The van der Waals surface area contributed by atoms with Gasteiger partial charge in [0.15, 0.2) is 0 Å². The number of aromatic amines is 1. The molecule has 1 amide bonds. The number of piperidine rings is 1. The topological polar surface area (TPSA) is 36.1 Å². The molecule has 0 spiro atoms. The molecular formula is C32H33F3N2O. The molecule has 1 unspecified atom stereocenters. The van der Waals surface area contributed by atoms with Gasteiger partial charge in [-0.2, -0.15) is 13.2 Å². The lowest BCUT2D eigenvalue weighted by Crippen LogP contribution is -2.39. The number of benzene rings is 3. The smallest absolute Gasteiger partial charge is 0.361 e. The third-order valence-electron chi connectivity index (χ3n) is 7.92. The van der Waals surface area contributed by atoms with Gasteiger partial charge in [-0.05, 0) is 59.9 Å². The van der Waals surface area contributed by atoms with Gasteiger partial charge in [-0.15, -0.1) is 0 Å². The van der Waals surface area contributed by atoms with E-state index in [0.717, 1.165) is 53.8 Å². The Morgan fingerprint density at radius 3 is 2.45 bits per heavy atom. The number of H-pyrrole nitrogens is 1. The predicted molar refractivity (Wildman–Crippen MR) is 145 cm³/mol. The number of amides is 1. The molecule has 1 aliphatic heterocycles. The molecular weight excluding hydrogens is 485 g/mol. The quantitative estimate of drug-likeness (QED) is 0.267. The Labute approximate surface area is 221 Å². The van der Waals surface area contributed by atoms with Gasteiger partial charge in [-0.1, -0.05) is 73.7 Å². The molecule has 0 radical (unpaired) electrons. The number of aryl methyl sites for hydroxylation is 1. The van der Waals surface area contributed by atoms with Crippen LogP contribution in [-0.4, -0.2) is 28.9 Å². The van der Waals surface area contributed by atoms with Gasteiger partial charge in [0.2, 0.25) is 5.91 Å². The first-order valence-electron chi connectivity index (χ1n) is 13.4. The van der Waals surface area contributed by atoms with Crippen LogP contribution in [0.2, 0.25) is 0 Å². The lowest BCUT2D eigenvalue weighted by Gasteiger charge is -2.33. The summed E-state index contributed by atoms with van der Waals surface area (Å²) in [6.07, 6.45) is 1.26. The van der Waals surface area contributed by atoms with E-state index in [9.17, 15) is 18.0 Å². The van der Waals surface area contributed by atoms with Gasteiger partial charge < -0.3 is 9.88 Å². The van der Waals surface area contributed by atoms with Gasteiger partial charge >= 0.3 is 6.18 Å². The molecule has 3 aromatic carbocycles. The van der Waals surface area contributed by atoms with Crippen LogP contribution in [0.1, 0.15) is 59.9 Å². The van der Waals surface area contributed by atoms with Crippen molar-refractivity contribution in [1.82, 2.24) is 9.88 Å². The zero-order chi connectivity index (χ0) is 26.7. The molecule has 38 heavy (non-hydrogen) atoms. The van der Waals surface area contributed by atoms with Crippen molar-refractivity contribution in [3.63, 3.8) is 0 Å². The summed E-state index contributed by atoms with van der Waals surface area (Å²) < 4.78 is 40.8. The standard InChI is InChI=1S/C32H33F3N2O/c1-2-24-10-7-13-27-29(21-36-31(24)27)28(25-11-6-12-26(19-25)32(33,34)35)20-30(38)37-16-14-23(15-17-37)18-22-8-4-3-5-9-22/h3-13,19,21,23,28,36H,2,14-18,20H2,1H3. The first-order valence-corrected chi connectivity index (χ1v) is 13.4. The Morgan fingerprint density at radius 2 is 1.74 bits per heavy atom. The summed E-state index contributed by atoms with van der Waals surface area (Å²) in [5.74, 6) is 0.0427. The molecule has 6 heteroatoms. The summed E-state index contributed by atoms with van der Waals surface area (Å²) >= 11 is 0. The number of hydrogen-bond donors (Lipinski definition) is 1. The van der Waals surface area contributed by atoms with Crippen LogP contribution in [-0.2, 0) is 23.8 Å². The van der Waals surface area contributed by atoms with Crippen molar-refractivity contribution in [1.29, 1.82) is 0 Å². The van der Waals surface area contributed by atoms with Crippen molar-refractivity contribution in [2.24, 2.45) is 5.92 Å². The summed E-state index contributed by atoms with van der Waals surface area (Å²) in [6, 6.07) is 21.9. The molecule has 1 atom stereocenters. The first kappa shape index (κ1) is 26.1. The second kappa shape index (κ2) is 11.1. The lowest BCUT2D eigenvalue weighted by atomic mass is 9.85. The number of likely N-dealkylation sites (tertiary alicyclic amines) is 1. The SMILES string of the molecule is CCc1cccc2c(C(CC(=O)N3CCC(Cc4ccccc4)CC3)c3cccc(C(F)(F)F)c3)c[nH]c12. The highest BCUT2D eigenvalue weighted by Gasteiger charge is 2.33. The van der Waals surface area contributed by atoms with E-state index in [1.54, 1.807) is 6.07 Å². The third-order valence-corrected chi connectivity index (χ3v) is 7.92. The molecule has 3 nitrogen and oxygen atoms in total. The molecule has 1 saturated heterocycles. The van der Waals surface area contributed by atoms with Gasteiger partial charge in [0, 0.05) is 42.5 Å². The zero-order valence-electron chi connectivity index (χ0n) is 21.6. The van der Waals surface area contributed by atoms with E-state index in [1.165, 1.54) is 17.7 Å². The molecule has 1 fully saturated rings. The fourth-order valence-corrected chi connectivity index (χ4v) is 5.80. The molecule has 0 aliphatic carbocycles. The number of carbonyl (C=O) groups excluding carboxylic acids is 1. The Kier molecular flexibility index (Phi) is 7.59. The van der Waals surface area contributed by atoms with Crippen LogP contribution in [0.4, 0.5) is 13.2 Å². The minimum atomic E-state index is -4.44. The fraction of sp³-hybridized carbons (Fsp3) is 0.344. The molecule has 1 N–H and O–H groups in total. The average Bonchev–Trinajstić information content (AvgIpc) is 3.36. The predicted octanol–water partition coefficient (Wildman–Crippen LogP) is 7.75. The number of hydrogen-bond acceptors (Lipinski definition) is 1. The number of fused-ring (bicyclic) bond motifs is 1. The van der Waals surface area contributed by atoms with Gasteiger partial charge in [0.1, 0.15) is 0 Å². The summed E-state index contributed by atoms with van der Waals surface area (Å²) in [4.78, 5) is 18.8. The number of rotatable bonds is 7. The van der Waals surface area contributed by atoms with E-state index >= 15 is 0 Å². The molecule has 1 aliphatic rings. The van der Waals surface area contributed by atoms with E-state index < -0.39 is 17.7 Å². The van der Waals surface area contributed by atoms with Crippen molar-refractivity contribution < 1.29 is 18.0 Å². The van der Waals surface area contributed by atoms with Gasteiger partial charge in [-0.25, -0.2) is 0 Å². The van der Waals surface area contributed by atoms with E-state index in [4.69, 9.17) is 0 Å². The largest absolute Gasteiger partial charge is 0.416 e. The number of para-hydroxylation sites is 1. The summed E-state index contributed by atoms with van der Waals surface area (Å²) in [6.45, 7) is 3.43. The number of aromatic nitrogens is 1. The monoisotopic (exact) mass is 518 g/mol. The maximum atomic E-state index is 13.6. The number of alkyl halides is 3. The van der Waals surface area contributed by atoms with E-state index in [2.05, 4.69) is 36.2 Å². The van der Waals surface area contributed by atoms with Crippen LogP contribution in [0.15, 0.2) is 79.0 Å². The fourth-order valence-electron chi connectivity index (χ4n) is 5.80. The van der Waals surface area contributed by atoms with Crippen molar-refractivity contribution in [2.75, 3.05) is 13.1 Å². The second-order valence-electron chi connectivity index (χ2n) is 10.3. The van der Waals surface area contributed by atoms with Crippen LogP contribution in [0, 0.1) is 5.92 Å². The van der Waals surface area contributed by atoms with Crippen molar-refractivity contribution in [2.45, 2.75) is 51.1 Å². The minimum absolute atomic E-state index is 0.00781. The Morgan fingerprint density at radius 1 is 1.00 bits per heavy atom. The molecule has 4 aromatic rings.